The van der Waals surface area contributed by atoms with E-state index in [1.54, 1.807) is 23.0 Å². The Balaban J connectivity index is 2.01. The molecule has 6 heteroatoms. The molecule has 0 spiro atoms. The fourth-order valence-electron chi connectivity index (χ4n) is 1.62. The Morgan fingerprint density at radius 2 is 2.28 bits per heavy atom. The molecule has 2 heterocycles. The van der Waals surface area contributed by atoms with Crippen LogP contribution in [0.25, 0.3) is 0 Å². The summed E-state index contributed by atoms with van der Waals surface area (Å²) in [5.41, 5.74) is 8.31. The Morgan fingerprint density at radius 1 is 1.50 bits per heavy atom. The molecule has 3 N–H and O–H groups in total. The molecule has 0 saturated heterocycles. The lowest BCUT2D eigenvalue weighted by Crippen LogP contribution is -2.15. The maximum Gasteiger partial charge on any atom is 0.230 e. The highest BCUT2D eigenvalue weighted by molar-refractivity contribution is 5.92. The number of carbonyl (C=O) groups is 1. The Kier molecular flexibility index (Phi) is 3.27. The van der Waals surface area contributed by atoms with Crippen LogP contribution in [0.4, 0.5) is 11.4 Å². The Labute approximate surface area is 105 Å². The zero-order valence-corrected chi connectivity index (χ0v) is 10.3. The molecule has 0 aliphatic carbocycles. The summed E-state index contributed by atoms with van der Waals surface area (Å²) < 4.78 is 1.66. The predicted molar refractivity (Wildman–Crippen MR) is 68.9 cm³/mol. The summed E-state index contributed by atoms with van der Waals surface area (Å²) in [6.45, 7) is 1.84. The van der Waals surface area contributed by atoms with Gasteiger partial charge in [-0.05, 0) is 19.1 Å². The van der Waals surface area contributed by atoms with E-state index < -0.39 is 0 Å². The number of aromatic nitrogens is 3. The van der Waals surface area contributed by atoms with Gasteiger partial charge in [-0.1, -0.05) is 0 Å². The molecular formula is C12H15N5O. The lowest BCUT2D eigenvalue weighted by molar-refractivity contribution is -0.115. The Bertz CT molecular complexity index is 558. The maximum absolute atomic E-state index is 11.8. The molecule has 1 amide bonds. The van der Waals surface area contributed by atoms with Crippen molar-refractivity contribution in [3.63, 3.8) is 0 Å². The number of nitrogens with one attached hydrogen (secondary N) is 1. The third-order valence-electron chi connectivity index (χ3n) is 2.48. The van der Waals surface area contributed by atoms with Gasteiger partial charge < -0.3 is 11.1 Å². The summed E-state index contributed by atoms with van der Waals surface area (Å²) in [7, 11) is 1.81. The van der Waals surface area contributed by atoms with Crippen molar-refractivity contribution in [1.82, 2.24) is 14.8 Å². The summed E-state index contributed by atoms with van der Waals surface area (Å²) in [6.07, 6.45) is 3.52. The number of amides is 1. The second-order valence-electron chi connectivity index (χ2n) is 4.11. The molecule has 0 saturated carbocycles. The Morgan fingerprint density at radius 3 is 2.83 bits per heavy atom. The number of aryl methyl sites for hydroxylation is 2. The average Bonchev–Trinajstić information content (AvgIpc) is 2.61. The zero-order valence-electron chi connectivity index (χ0n) is 10.3. The van der Waals surface area contributed by atoms with Gasteiger partial charge in [0.1, 0.15) is 0 Å². The molecule has 94 valence electrons. The van der Waals surface area contributed by atoms with Crippen molar-refractivity contribution < 1.29 is 4.79 Å². The standard InChI is InChI=1S/C12H15N5O/c1-8-11(7-17(2)16-8)15-12(18)5-10-4-3-9(13)6-14-10/h3-4,6-7H,5,13H2,1-2H3,(H,15,18). The van der Waals surface area contributed by atoms with Crippen molar-refractivity contribution in [3.8, 4) is 0 Å². The van der Waals surface area contributed by atoms with Crippen LogP contribution in [0, 0.1) is 6.92 Å². The third kappa shape index (κ3) is 2.85. The van der Waals surface area contributed by atoms with Gasteiger partial charge in [0, 0.05) is 18.9 Å². The quantitative estimate of drug-likeness (QED) is 0.840. The van der Waals surface area contributed by atoms with E-state index in [9.17, 15) is 4.79 Å². The molecule has 0 atom stereocenters. The molecule has 0 unspecified atom stereocenters. The van der Waals surface area contributed by atoms with Crippen LogP contribution in [0.15, 0.2) is 24.5 Å². The predicted octanol–water partition coefficient (Wildman–Crippen LogP) is 0.887. The van der Waals surface area contributed by atoms with Gasteiger partial charge in [-0.3, -0.25) is 14.5 Å². The van der Waals surface area contributed by atoms with Crippen molar-refractivity contribution in [2.45, 2.75) is 13.3 Å². The molecule has 0 fully saturated rings. The van der Waals surface area contributed by atoms with Crippen LogP contribution in [0.3, 0.4) is 0 Å². The number of carbonyl (C=O) groups excluding carboxylic acids is 1. The van der Waals surface area contributed by atoms with Crippen LogP contribution in [-0.4, -0.2) is 20.7 Å². The molecule has 0 radical (unpaired) electrons. The topological polar surface area (TPSA) is 85.8 Å². The second-order valence-corrected chi connectivity index (χ2v) is 4.11. The van der Waals surface area contributed by atoms with Crippen molar-refractivity contribution in [2.75, 3.05) is 11.1 Å². The van der Waals surface area contributed by atoms with Crippen molar-refractivity contribution >= 4 is 17.3 Å². The molecule has 0 aliphatic rings. The minimum absolute atomic E-state index is 0.122. The maximum atomic E-state index is 11.8. The molecule has 2 aromatic heterocycles. The number of nitrogens with two attached hydrogens (primary N) is 1. The van der Waals surface area contributed by atoms with Crippen LogP contribution >= 0.6 is 0 Å². The number of hydrogen-bond donors (Lipinski definition) is 2. The van der Waals surface area contributed by atoms with Gasteiger partial charge in [0.25, 0.3) is 0 Å². The fourth-order valence-corrected chi connectivity index (χ4v) is 1.62. The highest BCUT2D eigenvalue weighted by atomic mass is 16.1. The lowest BCUT2D eigenvalue weighted by atomic mass is 10.2. The number of pyridine rings is 1. The lowest BCUT2D eigenvalue weighted by Gasteiger charge is -2.03. The smallest absolute Gasteiger partial charge is 0.230 e. The first kappa shape index (κ1) is 12.1. The van der Waals surface area contributed by atoms with E-state index >= 15 is 0 Å². The monoisotopic (exact) mass is 245 g/mol. The number of nitrogens with zero attached hydrogens (tertiary/aromatic N) is 3. The number of anilines is 2. The summed E-state index contributed by atoms with van der Waals surface area (Å²) in [6, 6.07) is 3.47. The second kappa shape index (κ2) is 4.87. The molecule has 2 rings (SSSR count). The molecule has 0 aliphatic heterocycles. The van der Waals surface area contributed by atoms with Crippen LogP contribution in [0.1, 0.15) is 11.4 Å². The van der Waals surface area contributed by atoms with Gasteiger partial charge in [-0.2, -0.15) is 5.10 Å². The summed E-state index contributed by atoms with van der Waals surface area (Å²) in [4.78, 5) is 15.9. The summed E-state index contributed by atoms with van der Waals surface area (Å²) in [5, 5.41) is 6.95. The van der Waals surface area contributed by atoms with Crippen molar-refractivity contribution in [1.29, 1.82) is 0 Å². The molecule has 0 bridgehead atoms. The van der Waals surface area contributed by atoms with Crippen LogP contribution in [0.5, 0.6) is 0 Å². The molecule has 2 aromatic rings. The van der Waals surface area contributed by atoms with Gasteiger partial charge in [-0.15, -0.1) is 0 Å². The van der Waals surface area contributed by atoms with Crippen LogP contribution in [0.2, 0.25) is 0 Å². The molecule has 0 aromatic carbocycles. The fraction of sp³-hybridized carbons (Fsp3) is 0.250. The number of rotatable bonds is 3. The molecule has 6 nitrogen and oxygen atoms in total. The van der Waals surface area contributed by atoms with E-state index in [1.165, 1.54) is 6.20 Å². The molecule has 18 heavy (non-hydrogen) atoms. The normalized spacial score (nSPS) is 10.3. The van der Waals surface area contributed by atoms with Crippen molar-refractivity contribution in [2.24, 2.45) is 7.05 Å². The van der Waals surface area contributed by atoms with Crippen LogP contribution in [-0.2, 0) is 18.3 Å². The summed E-state index contributed by atoms with van der Waals surface area (Å²) in [5.74, 6) is -0.122. The number of nitrogen functional groups attached to an aromatic ring is 1. The number of hydrogen-bond acceptors (Lipinski definition) is 4. The SMILES string of the molecule is Cc1nn(C)cc1NC(=O)Cc1ccc(N)cn1. The first-order chi connectivity index (χ1) is 8.54. The Hall–Kier alpha value is -2.37. The largest absolute Gasteiger partial charge is 0.397 e. The van der Waals surface area contributed by atoms with Gasteiger partial charge in [0.15, 0.2) is 0 Å². The first-order valence-electron chi connectivity index (χ1n) is 5.55. The van der Waals surface area contributed by atoms with E-state index in [1.807, 2.05) is 14.0 Å². The highest BCUT2D eigenvalue weighted by Crippen LogP contribution is 2.12. The first-order valence-corrected chi connectivity index (χ1v) is 5.55. The van der Waals surface area contributed by atoms with E-state index in [0.29, 0.717) is 11.4 Å². The molecular weight excluding hydrogens is 230 g/mol. The van der Waals surface area contributed by atoms with E-state index in [-0.39, 0.29) is 12.3 Å². The third-order valence-corrected chi connectivity index (χ3v) is 2.48. The van der Waals surface area contributed by atoms with E-state index in [4.69, 9.17) is 5.73 Å². The average molecular weight is 245 g/mol. The van der Waals surface area contributed by atoms with E-state index in [0.717, 1.165) is 11.4 Å². The minimum atomic E-state index is -0.122. The van der Waals surface area contributed by atoms with E-state index in [2.05, 4.69) is 15.4 Å². The zero-order chi connectivity index (χ0) is 13.1. The highest BCUT2D eigenvalue weighted by Gasteiger charge is 2.09. The van der Waals surface area contributed by atoms with Gasteiger partial charge in [0.05, 0.1) is 29.7 Å². The summed E-state index contributed by atoms with van der Waals surface area (Å²) >= 11 is 0. The van der Waals surface area contributed by atoms with Gasteiger partial charge in [-0.25, -0.2) is 0 Å². The minimum Gasteiger partial charge on any atom is -0.397 e. The van der Waals surface area contributed by atoms with Crippen molar-refractivity contribution in [3.05, 3.63) is 35.9 Å². The van der Waals surface area contributed by atoms with Gasteiger partial charge >= 0.3 is 0 Å². The van der Waals surface area contributed by atoms with Crippen LogP contribution < -0.4 is 11.1 Å². The van der Waals surface area contributed by atoms with Gasteiger partial charge in [0.2, 0.25) is 5.91 Å².